The Balaban J connectivity index is 0. The van der Waals surface area contributed by atoms with Gasteiger partial charge in [0.2, 0.25) is 0 Å². The maximum absolute atomic E-state index is 12.3. The molecule has 53 valence electrons. The van der Waals surface area contributed by atoms with Crippen molar-refractivity contribution in [2.45, 2.75) is 25.9 Å². The summed E-state index contributed by atoms with van der Waals surface area (Å²) < 4.78 is 24.1. The Bertz CT molecular complexity index is 65.9. The van der Waals surface area contributed by atoms with Gasteiger partial charge >= 0.3 is 0 Å². The molecular weight excluding hydrogens is 199 g/mol. The number of alkyl halides is 1. The van der Waals surface area contributed by atoms with Crippen LogP contribution in [0.5, 0.6) is 0 Å². The van der Waals surface area contributed by atoms with Crippen LogP contribution >= 0.6 is 0 Å². The van der Waals surface area contributed by atoms with Gasteiger partial charge in [0, 0.05) is 32.7 Å². The predicted octanol–water partition coefficient (Wildman–Crippen LogP) is 2.46. The van der Waals surface area contributed by atoms with Gasteiger partial charge in [-0.1, -0.05) is 6.92 Å². The zero-order valence-corrected chi connectivity index (χ0v) is 8.59. The van der Waals surface area contributed by atoms with Crippen LogP contribution in [-0.4, -0.2) is 5.67 Å². The van der Waals surface area contributed by atoms with Gasteiger partial charge in [0.25, 0.3) is 0 Å². The Hall–Kier alpha value is 0.964. The van der Waals surface area contributed by atoms with Crippen LogP contribution in [0, 0.1) is 13.1 Å². The van der Waals surface area contributed by atoms with Crippen LogP contribution < -0.4 is 0 Å². The molecule has 0 aromatic rings. The normalized spacial score (nSPS) is 16.7. The molecule has 0 saturated carbocycles. The van der Waals surface area contributed by atoms with Crippen molar-refractivity contribution in [1.82, 2.24) is 0 Å². The van der Waals surface area contributed by atoms with E-state index in [1.807, 2.05) is 0 Å². The van der Waals surface area contributed by atoms with Gasteiger partial charge in [-0.05, 0) is 5.67 Å². The molecule has 0 rings (SSSR count). The Morgan fingerprint density at radius 2 is 2.00 bits per heavy atom. The fourth-order valence-electron chi connectivity index (χ4n) is 0.508. The number of halogens is 2. The van der Waals surface area contributed by atoms with E-state index >= 15 is 0 Å². The van der Waals surface area contributed by atoms with Gasteiger partial charge in [-0.25, -0.2) is 0 Å². The first-order chi connectivity index (χ1) is 3.42. The molecule has 0 aliphatic carbocycles. The maximum Gasteiger partial charge on any atom is 0 e. The van der Waals surface area contributed by atoms with E-state index in [1.165, 1.54) is 13.8 Å². The minimum Gasteiger partial charge on any atom is -0.456 e. The average Bonchev–Trinajstić information content (AvgIpc) is 1.21. The minimum absolute atomic E-state index is 0. The van der Waals surface area contributed by atoms with E-state index in [0.717, 1.165) is 0 Å². The third-order valence-electron chi connectivity index (χ3n) is 0.612. The Kier molecular flexibility index (Phi) is 6.63. The summed E-state index contributed by atoms with van der Waals surface area (Å²) in [5.74, 6) is 0. The van der Waals surface area contributed by atoms with E-state index in [-0.39, 0.29) is 39.1 Å². The summed E-state index contributed by atoms with van der Waals surface area (Å²) in [6.45, 7) is 5.57. The van der Waals surface area contributed by atoms with Gasteiger partial charge < -0.3 is 11.3 Å². The molecule has 0 bridgehead atoms. The molecule has 3 heteroatoms. The van der Waals surface area contributed by atoms with Gasteiger partial charge in [0.05, 0.1) is 0 Å². The van der Waals surface area contributed by atoms with Crippen LogP contribution in [0.4, 0.5) is 8.78 Å². The van der Waals surface area contributed by atoms with Crippen molar-refractivity contribution in [2.24, 2.45) is 0 Å². The quantitative estimate of drug-likeness (QED) is 0.612. The largest absolute Gasteiger partial charge is 0.456 e. The molecular formula is C6H10F2Y-2. The fraction of sp³-hybridized carbons (Fsp3) is 0.667. The Morgan fingerprint density at radius 3 is 2.00 bits per heavy atom. The van der Waals surface area contributed by atoms with Crippen LogP contribution in [0.25, 0.3) is 0 Å². The summed E-state index contributed by atoms with van der Waals surface area (Å²) >= 11 is 0. The number of hydrogen-bond acceptors (Lipinski definition) is 0. The SMILES string of the molecule is [CH2-]C(C)(F)C[C-](C)F.[Y]. The molecule has 0 aliphatic heterocycles. The molecule has 9 heavy (non-hydrogen) atoms. The summed E-state index contributed by atoms with van der Waals surface area (Å²) in [6, 6.07) is 0. The first-order valence-electron chi connectivity index (χ1n) is 2.44. The van der Waals surface area contributed by atoms with Crippen LogP contribution in [0.3, 0.4) is 0 Å². The molecule has 0 nitrogen and oxygen atoms in total. The van der Waals surface area contributed by atoms with Crippen LogP contribution in [0.1, 0.15) is 20.3 Å². The summed E-state index contributed by atoms with van der Waals surface area (Å²) in [5, 5.41) is 0. The molecule has 0 aromatic heterocycles. The molecule has 0 N–H and O–H groups in total. The van der Waals surface area contributed by atoms with E-state index in [4.69, 9.17) is 0 Å². The predicted molar refractivity (Wildman–Crippen MR) is 29.5 cm³/mol. The molecule has 0 aromatic carbocycles. The standard InChI is InChI=1S/C6H10F2.Y/c1-5(7)4-6(2,3)8;/h2,4H2,1,3H3;/q-2;. The van der Waals surface area contributed by atoms with E-state index in [9.17, 15) is 8.78 Å². The molecule has 0 amide bonds. The van der Waals surface area contributed by atoms with Crippen LogP contribution in [0.2, 0.25) is 0 Å². The molecule has 1 atom stereocenters. The second kappa shape index (κ2) is 4.73. The van der Waals surface area contributed by atoms with Crippen molar-refractivity contribution < 1.29 is 41.5 Å². The van der Waals surface area contributed by atoms with E-state index < -0.39 is 11.8 Å². The average molecular weight is 209 g/mol. The first kappa shape index (κ1) is 12.6. The van der Waals surface area contributed by atoms with Crippen molar-refractivity contribution in [3.8, 4) is 0 Å². The zero-order valence-electron chi connectivity index (χ0n) is 5.75. The molecule has 0 heterocycles. The molecule has 0 spiro atoms. The molecule has 1 unspecified atom stereocenters. The van der Waals surface area contributed by atoms with Gasteiger partial charge in [-0.3, -0.25) is 4.39 Å². The second-order valence-electron chi connectivity index (χ2n) is 2.27. The van der Waals surface area contributed by atoms with Crippen LogP contribution in [-0.2, 0) is 32.7 Å². The Labute approximate surface area is 80.3 Å². The fourth-order valence-corrected chi connectivity index (χ4v) is 0.508. The Morgan fingerprint density at radius 1 is 1.67 bits per heavy atom. The van der Waals surface area contributed by atoms with Crippen molar-refractivity contribution in [1.29, 1.82) is 0 Å². The molecule has 0 aliphatic rings. The van der Waals surface area contributed by atoms with Crippen molar-refractivity contribution in [3.05, 3.63) is 13.1 Å². The number of rotatable bonds is 2. The van der Waals surface area contributed by atoms with Crippen molar-refractivity contribution in [2.75, 3.05) is 0 Å². The van der Waals surface area contributed by atoms with Gasteiger partial charge in [0.1, 0.15) is 0 Å². The van der Waals surface area contributed by atoms with E-state index in [1.54, 1.807) is 0 Å². The minimum atomic E-state index is -1.64. The second-order valence-corrected chi connectivity index (χ2v) is 2.27. The van der Waals surface area contributed by atoms with E-state index in [0.29, 0.717) is 0 Å². The zero-order chi connectivity index (χ0) is 6.78. The molecule has 1 radical (unpaired) electrons. The summed E-state index contributed by atoms with van der Waals surface area (Å²) in [7, 11) is 0. The van der Waals surface area contributed by atoms with Crippen molar-refractivity contribution >= 4 is 0 Å². The maximum atomic E-state index is 12.3. The summed E-state index contributed by atoms with van der Waals surface area (Å²) in [4.78, 5) is 0. The smallest absolute Gasteiger partial charge is 0 e. The summed E-state index contributed by atoms with van der Waals surface area (Å²) in [5.41, 5.74) is -1.64. The number of hydrogen-bond donors (Lipinski definition) is 0. The third-order valence-corrected chi connectivity index (χ3v) is 0.612. The van der Waals surface area contributed by atoms with Gasteiger partial charge in [-0.15, -0.1) is 6.42 Å². The van der Waals surface area contributed by atoms with E-state index in [2.05, 4.69) is 6.92 Å². The third kappa shape index (κ3) is 12.2. The monoisotopic (exact) mass is 209 g/mol. The van der Waals surface area contributed by atoms with Gasteiger partial charge in [-0.2, -0.15) is 13.1 Å². The molecule has 0 fully saturated rings. The summed E-state index contributed by atoms with van der Waals surface area (Å²) in [6.07, 6.45) is -0.613. The van der Waals surface area contributed by atoms with Crippen molar-refractivity contribution in [3.63, 3.8) is 0 Å². The topological polar surface area (TPSA) is 0 Å². The molecule has 0 saturated heterocycles. The van der Waals surface area contributed by atoms with Gasteiger partial charge in [0.15, 0.2) is 0 Å². The van der Waals surface area contributed by atoms with Crippen LogP contribution in [0.15, 0.2) is 0 Å². The first-order valence-corrected chi connectivity index (χ1v) is 2.44.